The Morgan fingerprint density at radius 3 is 2.80 bits per heavy atom. The highest BCUT2D eigenvalue weighted by atomic mass is 16.8. The van der Waals surface area contributed by atoms with Crippen molar-refractivity contribution < 1.29 is 15.2 Å². The first kappa shape index (κ1) is 14.5. The number of likely N-dealkylation sites (tertiary alicyclic amines) is 1. The monoisotopic (exact) mass is 281 g/mol. The van der Waals surface area contributed by atoms with Crippen molar-refractivity contribution in [2.24, 2.45) is 4.99 Å². The third-order valence-electron chi connectivity index (χ3n) is 3.07. The van der Waals surface area contributed by atoms with E-state index in [1.54, 1.807) is 17.9 Å². The quantitative estimate of drug-likeness (QED) is 0.430. The Bertz CT molecular complexity index is 464. The summed E-state index contributed by atoms with van der Waals surface area (Å²) in [4.78, 5) is 18.0. The van der Waals surface area contributed by atoms with Crippen LogP contribution >= 0.6 is 0 Å². The van der Waals surface area contributed by atoms with E-state index < -0.39 is 0 Å². The van der Waals surface area contributed by atoms with Crippen molar-refractivity contribution in [1.82, 2.24) is 21.0 Å². The van der Waals surface area contributed by atoms with Gasteiger partial charge in [-0.15, -0.1) is 0 Å². The van der Waals surface area contributed by atoms with E-state index in [1.807, 2.05) is 0 Å². The number of amides is 1. The number of hydrogen-bond donors (Lipinski definition) is 4. The molecule has 1 saturated heterocycles. The minimum absolute atomic E-state index is 0.0707. The Balaban J connectivity index is 2.08. The number of hydrogen-bond acceptors (Lipinski definition) is 7. The zero-order valence-corrected chi connectivity index (χ0v) is 11.3. The molecule has 0 aliphatic carbocycles. The first-order valence-corrected chi connectivity index (χ1v) is 6.54. The molecule has 0 bridgehead atoms. The van der Waals surface area contributed by atoms with Crippen LogP contribution in [0.15, 0.2) is 28.5 Å². The van der Waals surface area contributed by atoms with Gasteiger partial charge >= 0.3 is 0 Å². The lowest BCUT2D eigenvalue weighted by Crippen LogP contribution is -2.45. The van der Waals surface area contributed by atoms with Gasteiger partial charge in [-0.25, -0.2) is 10.4 Å². The smallest absolute Gasteiger partial charge is 0.248 e. The average Bonchev–Trinajstić information content (AvgIpc) is 2.38. The molecule has 8 heteroatoms. The van der Waals surface area contributed by atoms with Gasteiger partial charge in [-0.2, -0.15) is 0 Å². The van der Waals surface area contributed by atoms with E-state index in [1.165, 1.54) is 12.5 Å². The van der Waals surface area contributed by atoms with Crippen LogP contribution in [0, 0.1) is 0 Å². The van der Waals surface area contributed by atoms with Gasteiger partial charge in [0.1, 0.15) is 0 Å². The Labute approximate surface area is 117 Å². The number of nitrogens with zero attached hydrogens (tertiary/aromatic N) is 3. The number of guanidine groups is 1. The number of allylic oxidation sites excluding steroid dienone is 2. The van der Waals surface area contributed by atoms with Crippen molar-refractivity contribution in [3.05, 3.63) is 23.5 Å². The van der Waals surface area contributed by atoms with Gasteiger partial charge in [0.25, 0.3) is 0 Å². The van der Waals surface area contributed by atoms with Crippen LogP contribution in [0.3, 0.4) is 0 Å². The van der Waals surface area contributed by atoms with Gasteiger partial charge in [-0.3, -0.25) is 15.2 Å². The van der Waals surface area contributed by atoms with Crippen molar-refractivity contribution in [3.8, 4) is 0 Å². The summed E-state index contributed by atoms with van der Waals surface area (Å²) in [6.45, 7) is 3.34. The molecule has 2 rings (SSSR count). The zero-order chi connectivity index (χ0) is 14.5. The molecule has 0 spiro atoms. The van der Waals surface area contributed by atoms with Gasteiger partial charge < -0.3 is 10.2 Å². The van der Waals surface area contributed by atoms with Crippen LogP contribution < -0.4 is 10.7 Å². The maximum absolute atomic E-state index is 12.1. The van der Waals surface area contributed by atoms with Gasteiger partial charge in [-0.1, -0.05) is 0 Å². The number of rotatable bonds is 2. The molecule has 2 aliphatic heterocycles. The zero-order valence-electron chi connectivity index (χ0n) is 11.3. The largest absolute Gasteiger partial charge is 0.339 e. The van der Waals surface area contributed by atoms with Crippen molar-refractivity contribution >= 4 is 11.9 Å². The van der Waals surface area contributed by atoms with Crippen molar-refractivity contribution in [3.63, 3.8) is 0 Å². The molecule has 2 aliphatic rings. The molecule has 2 heterocycles. The normalized spacial score (nSPS) is 21.4. The van der Waals surface area contributed by atoms with E-state index in [4.69, 9.17) is 10.4 Å². The lowest BCUT2D eigenvalue weighted by atomic mass is 10.1. The molecule has 4 N–H and O–H groups in total. The standard InChI is InChI=1S/C12H19N5O3/c1-9-7-10(14-12(13-9)15-17(19)20)8-11(18)16-5-3-2-4-6-16/h7-8,19-20H,2-6H2,1H3,(H2,13,14,15). The minimum Gasteiger partial charge on any atom is -0.339 e. The summed E-state index contributed by atoms with van der Waals surface area (Å²) in [5, 5.41) is 20.0. The van der Waals surface area contributed by atoms with E-state index in [0.717, 1.165) is 31.6 Å². The SMILES string of the molecule is CC1=CC(=CC(=O)N2CCCCC2)N=C(NN(O)O)N1. The number of carbonyl (C=O) groups is 1. The molecule has 0 aromatic heterocycles. The van der Waals surface area contributed by atoms with E-state index >= 15 is 0 Å². The third-order valence-corrected chi connectivity index (χ3v) is 3.07. The van der Waals surface area contributed by atoms with Gasteiger partial charge in [0, 0.05) is 30.2 Å². The predicted molar refractivity (Wildman–Crippen MR) is 71.4 cm³/mol. The summed E-state index contributed by atoms with van der Waals surface area (Å²) >= 11 is 0. The molecule has 1 amide bonds. The lowest BCUT2D eigenvalue weighted by Gasteiger charge is -2.25. The van der Waals surface area contributed by atoms with Crippen LogP contribution in [-0.4, -0.2) is 45.6 Å². The van der Waals surface area contributed by atoms with Crippen LogP contribution in [0.1, 0.15) is 26.2 Å². The second kappa shape index (κ2) is 6.51. The number of aliphatic imine (C=N–C) groups is 1. The highest BCUT2D eigenvalue weighted by Crippen LogP contribution is 2.12. The van der Waals surface area contributed by atoms with Gasteiger partial charge in [-0.05, 0) is 32.3 Å². The maximum Gasteiger partial charge on any atom is 0.248 e. The molecule has 20 heavy (non-hydrogen) atoms. The van der Waals surface area contributed by atoms with Crippen molar-refractivity contribution in [1.29, 1.82) is 0 Å². The first-order chi connectivity index (χ1) is 9.54. The number of piperidine rings is 1. The molecule has 0 radical (unpaired) electrons. The van der Waals surface area contributed by atoms with E-state index in [2.05, 4.69) is 15.7 Å². The Morgan fingerprint density at radius 2 is 2.15 bits per heavy atom. The summed E-state index contributed by atoms with van der Waals surface area (Å²) in [6, 6.07) is 0. The van der Waals surface area contributed by atoms with E-state index in [9.17, 15) is 4.79 Å². The van der Waals surface area contributed by atoms with Crippen LogP contribution in [0.4, 0.5) is 0 Å². The average molecular weight is 281 g/mol. The van der Waals surface area contributed by atoms with Crippen molar-refractivity contribution in [2.75, 3.05) is 13.1 Å². The summed E-state index contributed by atoms with van der Waals surface area (Å²) in [5.74, 6) is 0.0614. The van der Waals surface area contributed by atoms with E-state index in [0.29, 0.717) is 5.70 Å². The lowest BCUT2D eigenvalue weighted by molar-refractivity contribution is -0.329. The van der Waals surface area contributed by atoms with Gasteiger partial charge in [0.15, 0.2) is 0 Å². The third kappa shape index (κ3) is 4.05. The molecule has 0 atom stereocenters. The Kier molecular flexibility index (Phi) is 4.72. The molecule has 0 saturated carbocycles. The first-order valence-electron chi connectivity index (χ1n) is 6.54. The topological polar surface area (TPSA) is 100 Å². The number of nitrogens with one attached hydrogen (secondary N) is 2. The molecular formula is C12H19N5O3. The highest BCUT2D eigenvalue weighted by Gasteiger charge is 2.16. The highest BCUT2D eigenvalue weighted by molar-refractivity contribution is 5.91. The second-order valence-electron chi connectivity index (χ2n) is 4.77. The van der Waals surface area contributed by atoms with Gasteiger partial charge in [0.05, 0.1) is 5.70 Å². The summed E-state index contributed by atoms with van der Waals surface area (Å²) in [7, 11) is 0. The van der Waals surface area contributed by atoms with E-state index in [-0.39, 0.29) is 17.2 Å². The number of carbonyl (C=O) groups excluding carboxylic acids is 1. The molecular weight excluding hydrogens is 262 g/mol. The molecule has 110 valence electrons. The fraction of sp³-hybridized carbons (Fsp3) is 0.500. The molecule has 0 aromatic carbocycles. The fourth-order valence-corrected chi connectivity index (χ4v) is 2.19. The molecule has 8 nitrogen and oxygen atoms in total. The second-order valence-corrected chi connectivity index (χ2v) is 4.77. The van der Waals surface area contributed by atoms with Crippen LogP contribution in [0.5, 0.6) is 0 Å². The Morgan fingerprint density at radius 1 is 1.45 bits per heavy atom. The summed E-state index contributed by atoms with van der Waals surface area (Å²) in [5.41, 5.74) is 3.37. The Hall–Kier alpha value is -1.90. The predicted octanol–water partition coefficient (Wildman–Crippen LogP) is 0.331. The number of hydrazine groups is 1. The summed E-state index contributed by atoms with van der Waals surface area (Å²) < 4.78 is 0. The maximum atomic E-state index is 12.1. The molecule has 0 unspecified atom stereocenters. The minimum atomic E-state index is -0.200. The van der Waals surface area contributed by atoms with Crippen LogP contribution in [0.25, 0.3) is 0 Å². The van der Waals surface area contributed by atoms with Crippen LogP contribution in [0.2, 0.25) is 0 Å². The molecule has 1 fully saturated rings. The molecule has 0 aromatic rings. The fourth-order valence-electron chi connectivity index (χ4n) is 2.19. The van der Waals surface area contributed by atoms with Crippen LogP contribution in [-0.2, 0) is 4.79 Å². The van der Waals surface area contributed by atoms with Crippen molar-refractivity contribution in [2.45, 2.75) is 26.2 Å². The summed E-state index contributed by atoms with van der Waals surface area (Å²) in [6.07, 6.45) is 6.40. The van der Waals surface area contributed by atoms with Gasteiger partial charge in [0.2, 0.25) is 11.9 Å².